The Morgan fingerprint density at radius 2 is 1.39 bits per heavy atom. The molecule has 8 aromatic rings. The number of nitrogens with zero attached hydrogens (tertiary/aromatic N) is 10. The predicted octanol–water partition coefficient (Wildman–Crippen LogP) is 8.80. The number of imidazole rings is 1. The topological polar surface area (TPSA) is 405 Å². The zero-order chi connectivity index (χ0) is 52.2. The zero-order valence-corrected chi connectivity index (χ0v) is 40.8. The summed E-state index contributed by atoms with van der Waals surface area (Å²) in [6.07, 6.45) is -0.261. The van der Waals surface area contributed by atoms with E-state index in [1.165, 1.54) is 49.6 Å². The predicted molar refractivity (Wildman–Crippen MR) is 255 cm³/mol. The average Bonchev–Trinajstić information content (AvgIpc) is 3.90. The van der Waals surface area contributed by atoms with Crippen molar-refractivity contribution in [1.29, 1.82) is 5.26 Å². The lowest BCUT2D eigenvalue weighted by atomic mass is 10.1. The van der Waals surface area contributed by atoms with Crippen LogP contribution in [0.3, 0.4) is 0 Å². The van der Waals surface area contributed by atoms with Crippen molar-refractivity contribution in [2.75, 3.05) is 19.5 Å². The van der Waals surface area contributed by atoms with Crippen molar-refractivity contribution in [3.63, 3.8) is 0 Å². The Morgan fingerprint density at radius 1 is 0.722 bits per heavy atom. The molecule has 0 unspecified atom stereocenters. The fourth-order valence-electron chi connectivity index (χ4n) is 7.24. The van der Waals surface area contributed by atoms with Gasteiger partial charge in [-0.05, 0) is 79.7 Å². The number of aryl methyl sites for hydroxylation is 1. The van der Waals surface area contributed by atoms with Crippen LogP contribution in [0.15, 0.2) is 112 Å². The molecule has 0 bridgehead atoms. The minimum atomic E-state index is -5.34. The highest BCUT2D eigenvalue weighted by Crippen LogP contribution is 2.47. The van der Waals surface area contributed by atoms with Gasteiger partial charge in [0, 0.05) is 17.0 Å². The van der Waals surface area contributed by atoms with Crippen LogP contribution < -0.4 is 9.47 Å². The lowest BCUT2D eigenvalue weighted by molar-refractivity contribution is 0.317. The molecule has 72 heavy (non-hydrogen) atoms. The molecule has 0 radical (unpaired) electrons. The van der Waals surface area contributed by atoms with Crippen LogP contribution >= 0.6 is 11.3 Å². The Morgan fingerprint density at radius 3 is 2.06 bits per heavy atom. The number of aromatic nitrogens is 3. The zero-order valence-electron chi connectivity index (χ0n) is 36.8. The monoisotopic (exact) mass is 1080 g/mol. The summed E-state index contributed by atoms with van der Waals surface area (Å²) >= 11 is 0.744. The molecule has 0 amide bonds. The maximum atomic E-state index is 12.8. The first-order valence-electron chi connectivity index (χ1n) is 20.0. The number of para-hydroxylation sites is 2. The van der Waals surface area contributed by atoms with Crippen LogP contribution in [-0.2, 0) is 40.5 Å². The van der Waals surface area contributed by atoms with Crippen LogP contribution in [0.25, 0.3) is 37.7 Å². The lowest BCUT2D eigenvalue weighted by Gasteiger charge is -2.13. The number of phenols is 1. The Labute approximate surface area is 409 Å². The van der Waals surface area contributed by atoms with Crippen molar-refractivity contribution in [2.24, 2.45) is 30.7 Å². The SMILES string of the molecule is COc1ccc2nc(N=Nc3cc(OCCCS(=O)(=O)O)c(N=Nc4c(S(=O)(=O)O)cc5cc(S(=O)(=O)O)c(N=Nc6c(C)c(C#N)c7nc8ccccc8n7c6O)cc5c4O)cc3C)sc2c1S(=O)(=O)O. The van der Waals surface area contributed by atoms with Crippen LogP contribution in [0.2, 0.25) is 0 Å². The number of rotatable bonds is 15. The summed E-state index contributed by atoms with van der Waals surface area (Å²) in [5, 5.41) is 56.5. The van der Waals surface area contributed by atoms with Crippen molar-refractivity contribution < 1.29 is 71.6 Å². The van der Waals surface area contributed by atoms with Crippen molar-refractivity contribution in [3.05, 3.63) is 83.4 Å². The standard InChI is InChI=1S/C41H32N10O16S5/c1-19-13-27(31(67-11-6-12-69(54,55)56)17-26(19)45-50-41-44-25-9-10-30(66-3)38(37(25)68-41)72(63,64)65)46-49-35-33(71(60,61)62)15-21-14-32(70(57,58)59)28(16-22(21)36(35)52)47-48-34-20(2)23(18-42)39-43-24-7-4-5-8-29(24)51(39)40(34)53/h4-5,7-10,13-17,52-53H,6,11-12H2,1-3H3,(H,54,55,56)(H,57,58,59)(H,60,61,62)(H,63,64,65). The molecule has 0 saturated carbocycles. The second kappa shape index (κ2) is 18.8. The Balaban J connectivity index is 1.24. The number of fused-ring (bicyclic) bond motifs is 5. The second-order valence-electron chi connectivity index (χ2n) is 15.2. The number of ether oxygens (including phenoxy) is 2. The average molecular weight is 1080 g/mol. The molecule has 0 aliphatic carbocycles. The first-order chi connectivity index (χ1) is 33.8. The summed E-state index contributed by atoms with van der Waals surface area (Å²) in [6, 6.07) is 16.1. The van der Waals surface area contributed by atoms with Crippen molar-refractivity contribution in [3.8, 4) is 29.2 Å². The Kier molecular flexibility index (Phi) is 13.3. The van der Waals surface area contributed by atoms with Gasteiger partial charge in [0.1, 0.15) is 50.0 Å². The first kappa shape index (κ1) is 50.7. The van der Waals surface area contributed by atoms with Gasteiger partial charge in [0.2, 0.25) is 11.0 Å². The van der Waals surface area contributed by atoms with Gasteiger partial charge in [-0.3, -0.25) is 22.6 Å². The number of benzene rings is 5. The normalized spacial score (nSPS) is 12.9. The van der Waals surface area contributed by atoms with Crippen molar-refractivity contribution in [1.82, 2.24) is 14.4 Å². The highest BCUT2D eigenvalue weighted by Gasteiger charge is 2.28. The number of methoxy groups -OCH3 is 1. The van der Waals surface area contributed by atoms with Crippen LogP contribution in [-0.4, -0.2) is 95.9 Å². The smallest absolute Gasteiger partial charge is 0.299 e. The van der Waals surface area contributed by atoms with Crippen LogP contribution in [0.4, 0.5) is 33.6 Å². The highest BCUT2D eigenvalue weighted by atomic mass is 32.2. The van der Waals surface area contributed by atoms with Gasteiger partial charge in [-0.2, -0.15) is 38.9 Å². The van der Waals surface area contributed by atoms with E-state index in [2.05, 4.69) is 40.7 Å². The summed E-state index contributed by atoms with van der Waals surface area (Å²) in [5.41, 5.74) is -0.794. The third-order valence-corrected chi connectivity index (χ3v) is 15.1. The molecule has 8 rings (SSSR count). The summed E-state index contributed by atoms with van der Waals surface area (Å²) in [5.74, 6) is -2.70. The highest BCUT2D eigenvalue weighted by molar-refractivity contribution is 7.87. The van der Waals surface area contributed by atoms with Gasteiger partial charge in [-0.15, -0.1) is 30.7 Å². The molecular weight excluding hydrogens is 1050 g/mol. The molecule has 0 spiro atoms. The molecule has 5 aromatic carbocycles. The van der Waals surface area contributed by atoms with Gasteiger partial charge >= 0.3 is 0 Å². The largest absolute Gasteiger partial charge is 0.505 e. The van der Waals surface area contributed by atoms with E-state index >= 15 is 0 Å². The number of thiazole rings is 1. The van der Waals surface area contributed by atoms with Crippen molar-refractivity contribution >= 4 is 123 Å². The molecule has 26 nitrogen and oxygen atoms in total. The molecule has 3 heterocycles. The summed E-state index contributed by atoms with van der Waals surface area (Å²) in [6.45, 7) is 2.54. The molecule has 372 valence electrons. The van der Waals surface area contributed by atoms with E-state index < -0.39 is 94.7 Å². The van der Waals surface area contributed by atoms with Gasteiger partial charge < -0.3 is 19.7 Å². The second-order valence-corrected chi connectivity index (χ2v) is 21.9. The van der Waals surface area contributed by atoms with Gasteiger partial charge in [0.15, 0.2) is 22.0 Å². The van der Waals surface area contributed by atoms with E-state index in [9.17, 15) is 67.4 Å². The fraction of sp³-hybridized carbons (Fsp3) is 0.146. The molecule has 6 N–H and O–H groups in total. The minimum Gasteiger partial charge on any atom is -0.505 e. The molecule has 0 aliphatic rings. The van der Waals surface area contributed by atoms with E-state index in [1.54, 1.807) is 24.3 Å². The number of hydrogen-bond donors (Lipinski definition) is 6. The quantitative estimate of drug-likeness (QED) is 0.0317. The third-order valence-electron chi connectivity index (χ3n) is 10.5. The van der Waals surface area contributed by atoms with E-state index in [0.717, 1.165) is 17.4 Å². The fourth-order valence-corrected chi connectivity index (χ4v) is 11.0. The number of phenolic OH excluding ortho intramolecular Hbond substituents is 1. The van der Waals surface area contributed by atoms with Gasteiger partial charge in [-0.25, -0.2) is 9.97 Å². The molecule has 3 aromatic heterocycles. The molecule has 0 fully saturated rings. The number of hydrogen-bond acceptors (Lipinski definition) is 22. The van der Waals surface area contributed by atoms with E-state index in [-0.39, 0.29) is 79.3 Å². The minimum absolute atomic E-state index is 0.00464. The van der Waals surface area contributed by atoms with Crippen molar-refractivity contribution in [2.45, 2.75) is 35.0 Å². The Bertz CT molecular complexity index is 4230. The van der Waals surface area contributed by atoms with Gasteiger partial charge in [0.05, 0.1) is 46.4 Å². The maximum absolute atomic E-state index is 12.8. The lowest BCUT2D eigenvalue weighted by Crippen LogP contribution is -2.08. The molecule has 0 atom stereocenters. The summed E-state index contributed by atoms with van der Waals surface area (Å²) in [7, 11) is -18.6. The number of pyridine rings is 1. The maximum Gasteiger partial charge on any atom is 0.299 e. The van der Waals surface area contributed by atoms with Gasteiger partial charge in [0.25, 0.3) is 40.5 Å². The summed E-state index contributed by atoms with van der Waals surface area (Å²) < 4.78 is 150. The van der Waals surface area contributed by atoms with Crippen LogP contribution in [0.1, 0.15) is 23.1 Å². The molecule has 0 saturated heterocycles. The Hall–Kier alpha value is -7.67. The molecule has 31 heteroatoms. The number of aromatic hydroxyl groups is 2. The van der Waals surface area contributed by atoms with Crippen LogP contribution in [0, 0.1) is 25.2 Å². The molecule has 0 aliphatic heterocycles. The van der Waals surface area contributed by atoms with E-state index in [1.807, 2.05) is 6.07 Å². The van der Waals surface area contributed by atoms with Gasteiger partial charge in [-0.1, -0.05) is 23.5 Å². The summed E-state index contributed by atoms with van der Waals surface area (Å²) in [4.78, 5) is 6.03. The first-order valence-corrected chi connectivity index (χ1v) is 26.8. The van der Waals surface area contributed by atoms with Crippen LogP contribution in [0.5, 0.6) is 23.1 Å². The number of azo groups is 3. The third kappa shape index (κ3) is 9.97. The van der Waals surface area contributed by atoms with E-state index in [4.69, 9.17) is 9.47 Å². The molecular formula is C41H32N10O16S5. The van der Waals surface area contributed by atoms with E-state index in [0.29, 0.717) is 23.2 Å². The number of nitriles is 1.